The largest absolute Gasteiger partial charge is 0.508 e. The van der Waals surface area contributed by atoms with E-state index in [-0.39, 0.29) is 0 Å². The molecule has 0 bridgehead atoms. The Kier molecular flexibility index (Phi) is 6.67. The van der Waals surface area contributed by atoms with Gasteiger partial charge in [0.05, 0.1) is 0 Å². The van der Waals surface area contributed by atoms with E-state index in [1.54, 1.807) is 0 Å². The molecule has 3 rings (SSSR count). The minimum absolute atomic E-state index is 0.488. The van der Waals surface area contributed by atoms with E-state index in [1.807, 2.05) is 24.5 Å². The number of aryl methyl sites for hydroxylation is 2. The second-order valence-corrected chi connectivity index (χ2v) is 7.56. The Balaban J connectivity index is 1.63. The topological polar surface area (TPSA) is 45.1 Å². The van der Waals surface area contributed by atoms with Crippen molar-refractivity contribution < 1.29 is 5.11 Å². The summed E-state index contributed by atoms with van der Waals surface area (Å²) in [7, 11) is 0. The van der Waals surface area contributed by atoms with E-state index in [2.05, 4.69) is 36.3 Å². The first-order chi connectivity index (χ1) is 12.7. The Hall–Kier alpha value is -1.87. The molecule has 26 heavy (non-hydrogen) atoms. The Morgan fingerprint density at radius 3 is 2.81 bits per heavy atom. The fourth-order valence-electron chi connectivity index (χ4n) is 4.20. The van der Waals surface area contributed by atoms with Crippen LogP contribution in [0.4, 0.5) is 0 Å². The van der Waals surface area contributed by atoms with Crippen LogP contribution in [0.5, 0.6) is 5.75 Å². The minimum atomic E-state index is 0.488. The van der Waals surface area contributed by atoms with Crippen LogP contribution in [-0.4, -0.2) is 22.2 Å². The molecule has 0 amide bonds. The molecule has 1 heterocycles. The van der Waals surface area contributed by atoms with Gasteiger partial charge in [-0.25, -0.2) is 0 Å². The van der Waals surface area contributed by atoms with Crippen molar-refractivity contribution in [3.8, 4) is 5.75 Å². The van der Waals surface area contributed by atoms with Crippen LogP contribution in [0.3, 0.4) is 0 Å². The third-order valence-electron chi connectivity index (χ3n) is 5.68. The lowest BCUT2D eigenvalue weighted by molar-refractivity contribution is 0.365. The number of aromatic hydroxyl groups is 1. The molecule has 0 aliphatic heterocycles. The number of pyridine rings is 1. The lowest BCUT2D eigenvalue weighted by Crippen LogP contribution is -2.41. The molecule has 1 aromatic heterocycles. The summed E-state index contributed by atoms with van der Waals surface area (Å²) >= 11 is 0. The van der Waals surface area contributed by atoms with Gasteiger partial charge in [-0.1, -0.05) is 32.4 Å². The van der Waals surface area contributed by atoms with Crippen molar-refractivity contribution in [1.29, 1.82) is 0 Å². The molecule has 2 atom stereocenters. The Bertz CT molecular complexity index is 699. The predicted octanol–water partition coefficient (Wildman–Crippen LogP) is 4.60. The Labute approximate surface area is 157 Å². The first-order valence-corrected chi connectivity index (χ1v) is 10.2. The van der Waals surface area contributed by atoms with Gasteiger partial charge in [-0.15, -0.1) is 0 Å². The second-order valence-electron chi connectivity index (χ2n) is 7.56. The molecule has 140 valence electrons. The number of fused-ring (bicyclic) bond motifs is 1. The van der Waals surface area contributed by atoms with Crippen molar-refractivity contribution >= 4 is 0 Å². The molecule has 1 aromatic carbocycles. The maximum Gasteiger partial charge on any atom is 0.119 e. The van der Waals surface area contributed by atoms with Crippen LogP contribution < -0.4 is 5.32 Å². The molecule has 0 fully saturated rings. The molecule has 0 spiro atoms. The van der Waals surface area contributed by atoms with E-state index in [0.717, 1.165) is 51.4 Å². The summed E-state index contributed by atoms with van der Waals surface area (Å²) in [6, 6.07) is 9.24. The molecular weight excluding hydrogens is 320 g/mol. The number of hydrogen-bond acceptors (Lipinski definition) is 3. The Morgan fingerprint density at radius 1 is 1.19 bits per heavy atom. The second kappa shape index (κ2) is 9.18. The first kappa shape index (κ1) is 18.9. The molecule has 1 unspecified atom stereocenters. The van der Waals surface area contributed by atoms with Gasteiger partial charge in [0.2, 0.25) is 0 Å². The summed E-state index contributed by atoms with van der Waals surface area (Å²) < 4.78 is 0. The third kappa shape index (κ3) is 4.64. The number of phenols is 1. The minimum Gasteiger partial charge on any atom is -0.508 e. The molecule has 1 aliphatic carbocycles. The average molecular weight is 353 g/mol. The number of nitrogens with one attached hydrogen (secondary N) is 1. The van der Waals surface area contributed by atoms with Crippen molar-refractivity contribution in [2.75, 3.05) is 0 Å². The highest BCUT2D eigenvalue weighted by molar-refractivity contribution is 5.46. The highest BCUT2D eigenvalue weighted by Crippen LogP contribution is 2.32. The molecule has 0 saturated carbocycles. The molecule has 2 aromatic rings. The van der Waals surface area contributed by atoms with Crippen molar-refractivity contribution in [3.63, 3.8) is 0 Å². The lowest BCUT2D eigenvalue weighted by atomic mass is 9.83. The van der Waals surface area contributed by atoms with Gasteiger partial charge in [-0.3, -0.25) is 4.98 Å². The summed E-state index contributed by atoms with van der Waals surface area (Å²) in [6.07, 6.45) is 12.6. The highest BCUT2D eigenvalue weighted by atomic mass is 16.3. The number of rotatable bonds is 8. The van der Waals surface area contributed by atoms with Crippen molar-refractivity contribution in [2.45, 2.75) is 77.3 Å². The smallest absolute Gasteiger partial charge is 0.119 e. The summed E-state index contributed by atoms with van der Waals surface area (Å²) in [5.41, 5.74) is 5.34. The molecule has 2 N–H and O–H groups in total. The summed E-state index contributed by atoms with van der Waals surface area (Å²) in [4.78, 5) is 4.22. The Morgan fingerprint density at radius 2 is 2.08 bits per heavy atom. The first-order valence-electron chi connectivity index (χ1n) is 10.2. The van der Waals surface area contributed by atoms with Crippen molar-refractivity contribution in [3.05, 3.63) is 58.9 Å². The van der Waals surface area contributed by atoms with Crippen LogP contribution in [0.25, 0.3) is 0 Å². The van der Waals surface area contributed by atoms with Crippen molar-refractivity contribution in [2.24, 2.45) is 0 Å². The monoisotopic (exact) mass is 352 g/mol. The highest BCUT2D eigenvalue weighted by Gasteiger charge is 2.24. The number of nitrogens with zero attached hydrogens (tertiary/aromatic N) is 1. The molecule has 0 saturated heterocycles. The van der Waals surface area contributed by atoms with Crippen LogP contribution in [0.15, 0.2) is 36.7 Å². The van der Waals surface area contributed by atoms with E-state index in [9.17, 15) is 5.11 Å². The third-order valence-corrected chi connectivity index (χ3v) is 5.68. The average Bonchev–Trinajstić information content (AvgIpc) is 2.68. The van der Waals surface area contributed by atoms with Gasteiger partial charge in [-0.05, 0) is 79.3 Å². The summed E-state index contributed by atoms with van der Waals surface area (Å²) in [5, 5.41) is 14.2. The maximum absolute atomic E-state index is 10.2. The standard InChI is InChI=1S/C23H32N2O/c1-3-6-18-9-13-23(26)21-12-11-20(15-22(18)21)25-19(4-2)10-8-17-7-5-14-24-16-17/h5,7,9,13-14,16,19-20,25-26H,3-4,6,8,10-12,15H2,1-2H3/t19?,20-/m0/s1. The zero-order valence-corrected chi connectivity index (χ0v) is 16.2. The number of benzene rings is 1. The normalized spacial score (nSPS) is 17.7. The molecule has 1 aliphatic rings. The van der Waals surface area contributed by atoms with Gasteiger partial charge in [0, 0.05) is 24.5 Å². The lowest BCUT2D eigenvalue weighted by Gasteiger charge is -2.31. The van der Waals surface area contributed by atoms with Crippen molar-refractivity contribution in [1.82, 2.24) is 10.3 Å². The molecular formula is C23H32N2O. The SMILES string of the molecule is CCCc1ccc(O)c2c1C[C@@H](NC(CC)CCc1cccnc1)CC2. The van der Waals surface area contributed by atoms with E-state index < -0.39 is 0 Å². The van der Waals surface area contributed by atoms with Crippen LogP contribution in [0, 0.1) is 0 Å². The van der Waals surface area contributed by atoms with E-state index in [4.69, 9.17) is 0 Å². The summed E-state index contributed by atoms with van der Waals surface area (Å²) in [5.74, 6) is 0.488. The van der Waals surface area contributed by atoms with E-state index >= 15 is 0 Å². The number of hydrogen-bond donors (Lipinski definition) is 2. The van der Waals surface area contributed by atoms with Gasteiger partial charge < -0.3 is 10.4 Å². The van der Waals surface area contributed by atoms with Gasteiger partial charge in [0.1, 0.15) is 5.75 Å². The van der Waals surface area contributed by atoms with Crippen LogP contribution in [-0.2, 0) is 25.7 Å². The van der Waals surface area contributed by atoms with Crippen LogP contribution >= 0.6 is 0 Å². The fraction of sp³-hybridized carbons (Fsp3) is 0.522. The zero-order chi connectivity index (χ0) is 18.4. The zero-order valence-electron chi connectivity index (χ0n) is 16.2. The van der Waals surface area contributed by atoms with Crippen LogP contribution in [0.2, 0.25) is 0 Å². The van der Waals surface area contributed by atoms with Gasteiger partial charge >= 0.3 is 0 Å². The molecule has 0 radical (unpaired) electrons. The quantitative estimate of drug-likeness (QED) is 0.730. The van der Waals surface area contributed by atoms with E-state index in [0.29, 0.717) is 17.8 Å². The predicted molar refractivity (Wildman–Crippen MR) is 108 cm³/mol. The molecule has 3 heteroatoms. The van der Waals surface area contributed by atoms with Crippen LogP contribution in [0.1, 0.15) is 61.8 Å². The van der Waals surface area contributed by atoms with E-state index in [1.165, 1.54) is 22.3 Å². The number of phenolic OH excluding ortho intramolecular Hbond substituents is 1. The van der Waals surface area contributed by atoms with Gasteiger partial charge in [0.15, 0.2) is 0 Å². The van der Waals surface area contributed by atoms with Gasteiger partial charge in [-0.2, -0.15) is 0 Å². The number of aromatic nitrogens is 1. The summed E-state index contributed by atoms with van der Waals surface area (Å²) in [6.45, 7) is 4.50. The van der Waals surface area contributed by atoms with Gasteiger partial charge in [0.25, 0.3) is 0 Å². The molecule has 3 nitrogen and oxygen atoms in total. The fourth-order valence-corrected chi connectivity index (χ4v) is 4.20. The maximum atomic E-state index is 10.2.